The fourth-order valence-corrected chi connectivity index (χ4v) is 2.30. The van der Waals surface area contributed by atoms with Crippen molar-refractivity contribution in [2.75, 3.05) is 79.5 Å². The van der Waals surface area contributed by atoms with Crippen LogP contribution in [0, 0.1) is 0 Å². The third kappa shape index (κ3) is 24.4. The Morgan fingerprint density at radius 2 is 1.11 bits per heavy atom. The maximum atomic E-state index is 11.9. The van der Waals surface area contributed by atoms with Crippen LogP contribution in [0.2, 0.25) is 0 Å². The molecule has 0 aliphatic heterocycles. The van der Waals surface area contributed by atoms with Crippen LogP contribution in [0.3, 0.4) is 0 Å². The molecule has 0 saturated carbocycles. The smallest absolute Gasteiger partial charge is 0.407 e. The molecule has 15 nitrogen and oxygen atoms in total. The first-order chi connectivity index (χ1) is 17.7. The number of carbonyl (C=O) groups is 5. The molecular weight excluding hydrogens is 494 g/mol. The van der Waals surface area contributed by atoms with Crippen molar-refractivity contribution in [1.82, 2.24) is 21.3 Å². The molecule has 0 unspecified atom stereocenters. The minimum Gasteiger partial charge on any atom is -0.469 e. The van der Waals surface area contributed by atoms with Crippen LogP contribution in [-0.2, 0) is 33.2 Å². The van der Waals surface area contributed by atoms with E-state index in [2.05, 4.69) is 26.0 Å². The van der Waals surface area contributed by atoms with Gasteiger partial charge in [-0.1, -0.05) is 0 Å². The Balaban J connectivity index is 4.22. The Morgan fingerprint density at radius 1 is 0.676 bits per heavy atom. The summed E-state index contributed by atoms with van der Waals surface area (Å²) in [6.07, 6.45) is -1.79. The van der Waals surface area contributed by atoms with Gasteiger partial charge in [-0.15, -0.1) is 0 Å². The minimum absolute atomic E-state index is 0.135. The van der Waals surface area contributed by atoms with Crippen LogP contribution in [0.25, 0.3) is 0 Å². The molecule has 0 rings (SSSR count). The molecule has 0 bridgehead atoms. The van der Waals surface area contributed by atoms with Crippen molar-refractivity contribution in [2.24, 2.45) is 0 Å². The van der Waals surface area contributed by atoms with Gasteiger partial charge in [0.15, 0.2) is 27.3 Å². The molecule has 0 aromatic carbocycles. The summed E-state index contributed by atoms with van der Waals surface area (Å²) in [5.74, 6) is -1.71. The molecule has 0 fully saturated rings. The molecule has 4 amide bonds. The van der Waals surface area contributed by atoms with E-state index in [0.29, 0.717) is 6.42 Å². The lowest BCUT2D eigenvalue weighted by molar-refractivity contribution is -0.141. The third-order valence-corrected chi connectivity index (χ3v) is 4.03. The summed E-state index contributed by atoms with van der Waals surface area (Å²) in [4.78, 5) is 56.0. The quantitative estimate of drug-likeness (QED) is 0.0592. The Morgan fingerprint density at radius 3 is 1.51 bits per heavy atom. The number of esters is 1. The van der Waals surface area contributed by atoms with Crippen LogP contribution in [0.1, 0.15) is 12.8 Å². The Bertz CT molecular complexity index is 645. The van der Waals surface area contributed by atoms with E-state index in [0.717, 1.165) is 0 Å². The van der Waals surface area contributed by atoms with Gasteiger partial charge in [0.25, 0.3) is 0 Å². The molecule has 0 spiro atoms. The first-order valence-corrected chi connectivity index (χ1v) is 11.5. The number of alkyl carbamates (subject to hydrolysis) is 2. The van der Waals surface area contributed by atoms with E-state index >= 15 is 0 Å². The summed E-state index contributed by atoms with van der Waals surface area (Å²) in [5.41, 5.74) is 0. The molecule has 0 aliphatic carbocycles. The van der Waals surface area contributed by atoms with Crippen molar-refractivity contribution in [3.8, 4) is 0 Å². The van der Waals surface area contributed by atoms with Crippen molar-refractivity contribution >= 4 is 45.5 Å². The van der Waals surface area contributed by atoms with Gasteiger partial charge in [0.2, 0.25) is 0 Å². The van der Waals surface area contributed by atoms with Gasteiger partial charge < -0.3 is 49.7 Å². The van der Waals surface area contributed by atoms with Crippen LogP contribution in [0.15, 0.2) is 0 Å². The molecule has 4 N–H and O–H groups in total. The van der Waals surface area contributed by atoms with Crippen LogP contribution < -0.4 is 21.3 Å². The van der Waals surface area contributed by atoms with E-state index in [4.69, 9.17) is 39.4 Å². The molecule has 17 heteroatoms. The van der Waals surface area contributed by atoms with Gasteiger partial charge in [-0.25, -0.2) is 9.59 Å². The second-order valence-electron chi connectivity index (χ2n) is 7.03. The largest absolute Gasteiger partial charge is 0.469 e. The zero-order valence-electron chi connectivity index (χ0n) is 20.9. The highest BCUT2D eigenvalue weighted by Crippen LogP contribution is 2.01. The van der Waals surface area contributed by atoms with Crippen molar-refractivity contribution in [3.05, 3.63) is 0 Å². The highest BCUT2D eigenvalue weighted by molar-refractivity contribution is 6.57. The van der Waals surface area contributed by atoms with Crippen LogP contribution >= 0.6 is 0 Å². The number of amides is 4. The van der Waals surface area contributed by atoms with Gasteiger partial charge in [-0.2, -0.15) is 0 Å². The second kappa shape index (κ2) is 23.4. The van der Waals surface area contributed by atoms with Gasteiger partial charge in [0.1, 0.15) is 19.3 Å². The van der Waals surface area contributed by atoms with Gasteiger partial charge in [0.05, 0.1) is 33.5 Å². The van der Waals surface area contributed by atoms with Crippen LogP contribution in [0.4, 0.5) is 19.2 Å². The average molecular weight is 528 g/mol. The van der Waals surface area contributed by atoms with Gasteiger partial charge in [-0.05, 0) is 6.42 Å². The standard InChI is InChI=1S/C20H34B2N4O11/c1-32-16(27)3-2-8-35-15(13-36-19(30)25-6-11-33-9-4-23-17(21)28)14-37-20(31)26-7-12-34-10-5-24-18(22)29/h15H,2-14H2,1H3,(H,23,28)(H,24,29)(H,25,30)(H,26,31). The summed E-state index contributed by atoms with van der Waals surface area (Å²) >= 11 is 0. The van der Waals surface area contributed by atoms with E-state index in [1.165, 1.54) is 7.11 Å². The summed E-state index contributed by atoms with van der Waals surface area (Å²) in [6, 6.07) is 0. The van der Waals surface area contributed by atoms with Crippen LogP contribution in [-0.4, -0.2) is 131 Å². The lowest BCUT2D eigenvalue weighted by Crippen LogP contribution is -2.36. The Labute approximate surface area is 218 Å². The number of carbonyl (C=O) groups excluding carboxylic acids is 5. The first kappa shape index (κ1) is 34.0. The number of hydrogen-bond acceptors (Lipinski definition) is 11. The van der Waals surface area contributed by atoms with Crippen molar-refractivity contribution in [1.29, 1.82) is 0 Å². The maximum Gasteiger partial charge on any atom is 0.407 e. The highest BCUT2D eigenvalue weighted by atomic mass is 16.6. The lowest BCUT2D eigenvalue weighted by Gasteiger charge is -2.18. The third-order valence-electron chi connectivity index (χ3n) is 4.03. The first-order valence-electron chi connectivity index (χ1n) is 11.5. The fourth-order valence-electron chi connectivity index (χ4n) is 2.30. The molecule has 0 aromatic rings. The van der Waals surface area contributed by atoms with E-state index in [-0.39, 0.29) is 78.8 Å². The van der Waals surface area contributed by atoms with E-state index in [1.54, 1.807) is 0 Å². The molecule has 206 valence electrons. The molecular formula is C20H34B2N4O11. The highest BCUT2D eigenvalue weighted by Gasteiger charge is 2.16. The average Bonchev–Trinajstić information content (AvgIpc) is 2.85. The van der Waals surface area contributed by atoms with Gasteiger partial charge in [-0.3, -0.25) is 14.4 Å². The van der Waals surface area contributed by atoms with Crippen LogP contribution in [0.5, 0.6) is 0 Å². The summed E-state index contributed by atoms with van der Waals surface area (Å²) in [7, 11) is 11.1. The monoisotopic (exact) mass is 528 g/mol. The van der Waals surface area contributed by atoms with Crippen molar-refractivity contribution < 1.29 is 52.4 Å². The minimum atomic E-state index is -0.790. The molecule has 4 radical (unpaired) electrons. The summed E-state index contributed by atoms with van der Waals surface area (Å²) in [6.45, 7) is 1.27. The molecule has 37 heavy (non-hydrogen) atoms. The Kier molecular flexibility index (Phi) is 21.4. The number of ether oxygens (including phenoxy) is 6. The topological polar surface area (TPSA) is 189 Å². The molecule has 0 aromatic heterocycles. The number of nitrogens with one attached hydrogen (secondary N) is 4. The molecule has 0 atom stereocenters. The Hall–Kier alpha value is -3.04. The predicted octanol–water partition coefficient (Wildman–Crippen LogP) is -1.43. The SMILES string of the molecule is [B]C(=O)NCCOCCNC(=O)OCC(COC(=O)NCCOCCNC([B])=O)OCCCC(=O)OC. The zero-order valence-corrected chi connectivity index (χ0v) is 20.9. The summed E-state index contributed by atoms with van der Waals surface area (Å²) < 4.78 is 30.7. The van der Waals surface area contributed by atoms with Crippen molar-refractivity contribution in [3.63, 3.8) is 0 Å². The van der Waals surface area contributed by atoms with E-state index in [9.17, 15) is 24.0 Å². The molecule has 0 heterocycles. The normalized spacial score (nSPS) is 10.3. The predicted molar refractivity (Wildman–Crippen MR) is 130 cm³/mol. The number of hydrogen-bond donors (Lipinski definition) is 4. The summed E-state index contributed by atoms with van der Waals surface area (Å²) in [5, 5.41) is 9.64. The van der Waals surface area contributed by atoms with Crippen molar-refractivity contribution in [2.45, 2.75) is 18.9 Å². The van der Waals surface area contributed by atoms with E-state index in [1.807, 2.05) is 0 Å². The lowest BCUT2D eigenvalue weighted by atomic mass is 10.1. The maximum absolute atomic E-state index is 11.9. The second-order valence-corrected chi connectivity index (χ2v) is 7.03. The number of methoxy groups -OCH3 is 1. The van der Waals surface area contributed by atoms with Gasteiger partial charge >= 0.3 is 18.2 Å². The molecule has 0 aliphatic rings. The fraction of sp³-hybridized carbons (Fsp3) is 0.750. The van der Waals surface area contributed by atoms with Gasteiger partial charge in [0, 0.05) is 39.2 Å². The number of rotatable bonds is 21. The molecule has 0 saturated heterocycles. The zero-order chi connectivity index (χ0) is 27.7. The van der Waals surface area contributed by atoms with E-state index < -0.39 is 35.9 Å².